The topological polar surface area (TPSA) is 9.23 Å². The van der Waals surface area contributed by atoms with Crippen LogP contribution < -0.4 is 4.74 Å². The number of benzene rings is 2. The molecule has 0 aliphatic heterocycles. The summed E-state index contributed by atoms with van der Waals surface area (Å²) >= 11 is 0. The van der Waals surface area contributed by atoms with E-state index in [-0.39, 0.29) is 0 Å². The molecule has 1 atom stereocenters. The second kappa shape index (κ2) is 9.94. The molecule has 0 aromatic heterocycles. The minimum absolute atomic E-state index is 0.649. The van der Waals surface area contributed by atoms with E-state index in [1.807, 2.05) is 30.3 Å². The van der Waals surface area contributed by atoms with Gasteiger partial charge in [-0.2, -0.15) is 0 Å². The van der Waals surface area contributed by atoms with E-state index in [0.717, 1.165) is 23.5 Å². The largest absolute Gasteiger partial charge is 0.493 e. The highest BCUT2D eigenvalue weighted by atomic mass is 16.5. The molecule has 132 valence electrons. The molecule has 0 fully saturated rings. The van der Waals surface area contributed by atoms with Crippen molar-refractivity contribution < 1.29 is 4.74 Å². The maximum absolute atomic E-state index is 6.19. The minimum atomic E-state index is 0.649. The second-order valence-corrected chi connectivity index (χ2v) is 6.78. The fourth-order valence-electron chi connectivity index (χ4n) is 3.02. The predicted octanol–water partition coefficient (Wildman–Crippen LogP) is 6.30. The highest BCUT2D eigenvalue weighted by Gasteiger charge is 2.10. The highest BCUT2D eigenvalue weighted by molar-refractivity contribution is 5.50. The van der Waals surface area contributed by atoms with Crippen LogP contribution in [0.5, 0.6) is 5.75 Å². The lowest BCUT2D eigenvalue weighted by molar-refractivity contribution is 0.231. The first kappa shape index (κ1) is 19.1. The molecule has 0 radical (unpaired) electrons. The second-order valence-electron chi connectivity index (χ2n) is 6.78. The fraction of sp³-hybridized carbons (Fsp3) is 0.417. The molecule has 2 aromatic rings. The maximum atomic E-state index is 6.19. The van der Waals surface area contributed by atoms with Crippen LogP contribution in [0.4, 0.5) is 0 Å². The smallest absolute Gasteiger partial charge is 0.125 e. The van der Waals surface area contributed by atoms with Gasteiger partial charge in [0.1, 0.15) is 5.75 Å². The summed E-state index contributed by atoms with van der Waals surface area (Å²) in [5.41, 5.74) is 4.43. The van der Waals surface area contributed by atoms with Crippen LogP contribution in [0.15, 0.2) is 42.5 Å². The predicted molar refractivity (Wildman–Crippen MR) is 107 cm³/mol. The van der Waals surface area contributed by atoms with E-state index in [4.69, 9.17) is 4.74 Å². The zero-order chi connectivity index (χ0) is 18.1. The van der Waals surface area contributed by atoms with Crippen molar-refractivity contribution in [3.05, 3.63) is 64.7 Å². The normalized spacial score (nSPS) is 11.5. The molecule has 0 aliphatic carbocycles. The van der Waals surface area contributed by atoms with Gasteiger partial charge in [0.15, 0.2) is 0 Å². The van der Waals surface area contributed by atoms with Gasteiger partial charge in [-0.1, -0.05) is 63.1 Å². The first-order valence-corrected chi connectivity index (χ1v) is 9.45. The summed E-state index contributed by atoms with van der Waals surface area (Å²) in [7, 11) is 0. The Labute approximate surface area is 153 Å². The maximum Gasteiger partial charge on any atom is 0.125 e. The monoisotopic (exact) mass is 334 g/mol. The molecule has 0 heterocycles. The molecule has 0 aliphatic rings. The Morgan fingerprint density at radius 1 is 0.920 bits per heavy atom. The molecule has 0 saturated heterocycles. The lowest BCUT2D eigenvalue weighted by Crippen LogP contribution is -2.12. The van der Waals surface area contributed by atoms with Gasteiger partial charge >= 0.3 is 0 Å². The van der Waals surface area contributed by atoms with Crippen LogP contribution in [0.2, 0.25) is 0 Å². The summed E-state index contributed by atoms with van der Waals surface area (Å²) in [5.74, 6) is 8.17. The van der Waals surface area contributed by atoms with Crippen molar-refractivity contribution in [2.24, 2.45) is 5.92 Å². The van der Waals surface area contributed by atoms with Crippen molar-refractivity contribution >= 4 is 0 Å². The van der Waals surface area contributed by atoms with Crippen LogP contribution in [0, 0.1) is 31.6 Å². The molecule has 2 aromatic carbocycles. The van der Waals surface area contributed by atoms with Gasteiger partial charge < -0.3 is 4.74 Å². The van der Waals surface area contributed by atoms with E-state index >= 15 is 0 Å². The van der Waals surface area contributed by atoms with Crippen molar-refractivity contribution in [1.82, 2.24) is 0 Å². The SMILES string of the molecule is CCCCC(CC)COc1c(C)cc(C#Cc2ccccc2)cc1C. The summed E-state index contributed by atoms with van der Waals surface area (Å²) in [6, 6.07) is 14.4. The van der Waals surface area contributed by atoms with Gasteiger partial charge in [0, 0.05) is 11.1 Å². The van der Waals surface area contributed by atoms with Gasteiger partial charge in [-0.05, 0) is 61.6 Å². The minimum Gasteiger partial charge on any atom is -0.493 e. The molecule has 1 heteroatoms. The third-order valence-corrected chi connectivity index (χ3v) is 4.59. The molecule has 1 unspecified atom stereocenters. The quantitative estimate of drug-likeness (QED) is 0.540. The third kappa shape index (κ3) is 5.98. The Morgan fingerprint density at radius 2 is 1.56 bits per heavy atom. The van der Waals surface area contributed by atoms with Gasteiger partial charge in [0.25, 0.3) is 0 Å². The van der Waals surface area contributed by atoms with Crippen molar-refractivity contribution in [2.45, 2.75) is 53.4 Å². The number of hydrogen-bond acceptors (Lipinski definition) is 1. The summed E-state index contributed by atoms with van der Waals surface area (Å²) in [5, 5.41) is 0. The summed E-state index contributed by atoms with van der Waals surface area (Å²) < 4.78 is 6.19. The van der Waals surface area contributed by atoms with Gasteiger partial charge in [-0.3, -0.25) is 0 Å². The first-order valence-electron chi connectivity index (χ1n) is 9.45. The molecule has 0 amide bonds. The van der Waals surface area contributed by atoms with Crippen LogP contribution in [0.3, 0.4) is 0 Å². The third-order valence-electron chi connectivity index (χ3n) is 4.59. The van der Waals surface area contributed by atoms with Crippen molar-refractivity contribution in [1.29, 1.82) is 0 Å². The molecule has 25 heavy (non-hydrogen) atoms. The standard InChI is InChI=1S/C24H30O/c1-5-7-11-21(6-2)18-25-24-19(3)16-23(17-20(24)4)15-14-22-12-9-8-10-13-22/h8-10,12-13,16-17,21H,5-7,11,18H2,1-4H3. The van der Waals surface area contributed by atoms with Crippen molar-refractivity contribution in [3.8, 4) is 17.6 Å². The van der Waals surface area contributed by atoms with Crippen LogP contribution in [0.1, 0.15) is 61.8 Å². The zero-order valence-electron chi connectivity index (χ0n) is 16.1. The summed E-state index contributed by atoms with van der Waals surface area (Å²) in [6.45, 7) is 9.54. The number of ether oxygens (including phenoxy) is 1. The highest BCUT2D eigenvalue weighted by Crippen LogP contribution is 2.26. The molecular weight excluding hydrogens is 304 g/mol. The van der Waals surface area contributed by atoms with Gasteiger partial charge in [0.2, 0.25) is 0 Å². The lowest BCUT2D eigenvalue weighted by Gasteiger charge is -2.18. The van der Waals surface area contributed by atoms with Crippen LogP contribution in [-0.2, 0) is 0 Å². The number of aryl methyl sites for hydroxylation is 2. The number of rotatable bonds is 7. The Balaban J connectivity index is 2.08. The van der Waals surface area contributed by atoms with Crippen LogP contribution in [0.25, 0.3) is 0 Å². The van der Waals surface area contributed by atoms with Gasteiger partial charge in [-0.15, -0.1) is 0 Å². The molecule has 0 spiro atoms. The Hall–Kier alpha value is -2.20. The molecular formula is C24H30O. The van der Waals surface area contributed by atoms with Crippen molar-refractivity contribution in [2.75, 3.05) is 6.61 Å². The average Bonchev–Trinajstić information content (AvgIpc) is 2.62. The number of unbranched alkanes of at least 4 members (excludes halogenated alkanes) is 1. The summed E-state index contributed by atoms with van der Waals surface area (Å²) in [6.07, 6.45) is 4.97. The van der Waals surface area contributed by atoms with Crippen molar-refractivity contribution in [3.63, 3.8) is 0 Å². The van der Waals surface area contributed by atoms with E-state index in [9.17, 15) is 0 Å². The van der Waals surface area contributed by atoms with Crippen LogP contribution >= 0.6 is 0 Å². The van der Waals surface area contributed by atoms with Gasteiger partial charge in [-0.25, -0.2) is 0 Å². The van der Waals surface area contributed by atoms with Crippen LogP contribution in [-0.4, -0.2) is 6.61 Å². The first-order chi connectivity index (χ1) is 12.1. The molecule has 0 bridgehead atoms. The Morgan fingerprint density at radius 3 is 2.16 bits per heavy atom. The molecule has 2 rings (SSSR count). The van der Waals surface area contributed by atoms with E-state index < -0.39 is 0 Å². The van der Waals surface area contributed by atoms with E-state index in [2.05, 4.69) is 51.7 Å². The Kier molecular flexibility index (Phi) is 7.61. The van der Waals surface area contributed by atoms with E-state index in [1.54, 1.807) is 0 Å². The van der Waals surface area contributed by atoms with E-state index in [0.29, 0.717) is 5.92 Å². The number of hydrogen-bond donors (Lipinski definition) is 0. The van der Waals surface area contributed by atoms with Gasteiger partial charge in [0.05, 0.1) is 6.61 Å². The molecule has 0 saturated carbocycles. The average molecular weight is 335 g/mol. The lowest BCUT2D eigenvalue weighted by atomic mass is 10.0. The summed E-state index contributed by atoms with van der Waals surface area (Å²) in [4.78, 5) is 0. The Bertz CT molecular complexity index is 696. The zero-order valence-corrected chi connectivity index (χ0v) is 16.1. The fourth-order valence-corrected chi connectivity index (χ4v) is 3.02. The van der Waals surface area contributed by atoms with E-state index in [1.165, 1.54) is 36.8 Å². The molecule has 1 nitrogen and oxygen atoms in total. The molecule has 0 N–H and O–H groups in total.